The lowest BCUT2D eigenvalue weighted by Crippen LogP contribution is -2.47. The Morgan fingerprint density at radius 3 is 2.42 bits per heavy atom. The largest absolute Gasteiger partial charge is 0.324 e. The molecule has 1 amide bonds. The molecule has 9 nitrogen and oxygen atoms in total. The molecular weight excluding hydrogens is 482 g/mol. The van der Waals surface area contributed by atoms with Gasteiger partial charge in [-0.15, -0.1) is 22.7 Å². The van der Waals surface area contributed by atoms with Gasteiger partial charge < -0.3 is 5.32 Å². The number of nitrogens with zero attached hydrogens (tertiary/aromatic N) is 3. The summed E-state index contributed by atoms with van der Waals surface area (Å²) >= 11 is 2.65. The van der Waals surface area contributed by atoms with E-state index in [-0.39, 0.29) is 10.0 Å². The molecule has 0 atom stereocenters. The molecule has 4 rings (SSSR count). The predicted molar refractivity (Wildman–Crippen MR) is 129 cm³/mol. The summed E-state index contributed by atoms with van der Waals surface area (Å²) in [6.07, 6.45) is 1.50. The summed E-state index contributed by atoms with van der Waals surface area (Å²) in [5, 5.41) is 10.9. The van der Waals surface area contributed by atoms with Crippen molar-refractivity contribution in [2.45, 2.75) is 24.3 Å². The van der Waals surface area contributed by atoms with E-state index in [0.29, 0.717) is 11.4 Å². The molecule has 0 bridgehead atoms. The van der Waals surface area contributed by atoms with Crippen molar-refractivity contribution in [2.75, 3.05) is 10.0 Å². The minimum Gasteiger partial charge on any atom is -0.324 e. The second-order valence-corrected chi connectivity index (χ2v) is 11.0. The van der Waals surface area contributed by atoms with Crippen molar-refractivity contribution >= 4 is 49.4 Å². The van der Waals surface area contributed by atoms with Gasteiger partial charge in [-0.2, -0.15) is 5.10 Å². The molecule has 0 spiro atoms. The van der Waals surface area contributed by atoms with Gasteiger partial charge in [-0.3, -0.25) is 14.3 Å². The van der Waals surface area contributed by atoms with E-state index in [1.807, 2.05) is 17.5 Å². The third-order valence-electron chi connectivity index (χ3n) is 4.74. The summed E-state index contributed by atoms with van der Waals surface area (Å²) in [6.45, 7) is 3.18. The lowest BCUT2D eigenvalue weighted by molar-refractivity contribution is -0.123. The molecule has 3 heterocycles. The van der Waals surface area contributed by atoms with Crippen LogP contribution >= 0.6 is 22.7 Å². The van der Waals surface area contributed by atoms with Crippen LogP contribution in [0.1, 0.15) is 13.8 Å². The second-order valence-electron chi connectivity index (χ2n) is 7.43. The highest BCUT2D eigenvalue weighted by Gasteiger charge is 2.32. The maximum absolute atomic E-state index is 13.0. The van der Waals surface area contributed by atoms with Gasteiger partial charge in [0.1, 0.15) is 11.2 Å². The molecular formula is C21H19N5O4S3. The molecule has 12 heteroatoms. The van der Waals surface area contributed by atoms with Crippen molar-refractivity contribution in [3.8, 4) is 10.6 Å². The molecule has 1 aromatic carbocycles. The molecule has 0 saturated heterocycles. The number of carbonyl (C=O) groups excluding carboxylic acids is 1. The number of anilines is 2. The van der Waals surface area contributed by atoms with E-state index in [1.165, 1.54) is 59.2 Å². The molecule has 0 unspecified atom stereocenters. The average Bonchev–Trinajstić information content (AvgIpc) is 3.48. The summed E-state index contributed by atoms with van der Waals surface area (Å²) in [4.78, 5) is 30.3. The summed E-state index contributed by atoms with van der Waals surface area (Å²) in [5.74, 6) is -0.475. The highest BCUT2D eigenvalue weighted by Crippen LogP contribution is 2.24. The summed E-state index contributed by atoms with van der Waals surface area (Å²) in [5.41, 5.74) is -0.747. The van der Waals surface area contributed by atoms with E-state index in [0.717, 1.165) is 9.56 Å². The number of thiazole rings is 1. The number of hydrogen-bond donors (Lipinski definition) is 2. The zero-order valence-electron chi connectivity index (χ0n) is 17.6. The van der Waals surface area contributed by atoms with Crippen LogP contribution in [0.25, 0.3) is 10.6 Å². The first-order chi connectivity index (χ1) is 15.7. The molecule has 0 aliphatic carbocycles. The number of thiophene rings is 1. The topological polar surface area (TPSA) is 123 Å². The van der Waals surface area contributed by atoms with E-state index in [4.69, 9.17) is 0 Å². The van der Waals surface area contributed by atoms with E-state index < -0.39 is 27.0 Å². The maximum atomic E-state index is 13.0. The number of benzene rings is 1. The first kappa shape index (κ1) is 22.8. The average molecular weight is 502 g/mol. The molecule has 0 radical (unpaired) electrons. The number of rotatable bonds is 7. The van der Waals surface area contributed by atoms with Gasteiger partial charge in [0, 0.05) is 23.3 Å². The molecule has 0 aliphatic rings. The maximum Gasteiger partial charge on any atom is 0.267 e. The van der Waals surface area contributed by atoms with Crippen LogP contribution in [0.2, 0.25) is 0 Å². The first-order valence-corrected chi connectivity index (χ1v) is 12.9. The van der Waals surface area contributed by atoms with Gasteiger partial charge >= 0.3 is 0 Å². The van der Waals surface area contributed by atoms with Crippen LogP contribution in [-0.2, 0) is 20.4 Å². The van der Waals surface area contributed by atoms with Crippen molar-refractivity contribution < 1.29 is 13.2 Å². The first-order valence-electron chi connectivity index (χ1n) is 9.65. The Hall–Kier alpha value is -3.35. The zero-order valence-corrected chi connectivity index (χ0v) is 20.0. The molecule has 0 aliphatic heterocycles. The van der Waals surface area contributed by atoms with E-state index >= 15 is 0 Å². The molecule has 0 fully saturated rings. The van der Waals surface area contributed by atoms with Crippen molar-refractivity contribution in [3.05, 3.63) is 75.8 Å². The molecule has 3 aromatic heterocycles. The van der Waals surface area contributed by atoms with Crippen LogP contribution in [0.5, 0.6) is 0 Å². The fourth-order valence-electron chi connectivity index (χ4n) is 2.91. The fourth-order valence-corrected chi connectivity index (χ4v) is 5.39. The van der Waals surface area contributed by atoms with Crippen LogP contribution in [0.3, 0.4) is 0 Å². The minimum absolute atomic E-state index is 0.0245. The normalized spacial score (nSPS) is 11.8. The number of nitrogens with one attached hydrogen (secondary N) is 2. The van der Waals surface area contributed by atoms with Crippen molar-refractivity contribution in [3.63, 3.8) is 0 Å². The van der Waals surface area contributed by atoms with E-state index in [2.05, 4.69) is 20.1 Å². The van der Waals surface area contributed by atoms with Gasteiger partial charge in [0.05, 0.1) is 9.77 Å². The van der Waals surface area contributed by atoms with Crippen LogP contribution in [0.4, 0.5) is 10.8 Å². The van der Waals surface area contributed by atoms with Crippen LogP contribution in [0.15, 0.2) is 75.2 Å². The summed E-state index contributed by atoms with van der Waals surface area (Å²) in [6, 6.07) is 12.5. The van der Waals surface area contributed by atoms with E-state index in [1.54, 1.807) is 25.3 Å². The third kappa shape index (κ3) is 4.87. The Balaban J connectivity index is 1.53. The minimum atomic E-state index is -3.80. The van der Waals surface area contributed by atoms with E-state index in [9.17, 15) is 18.0 Å². The predicted octanol–water partition coefficient (Wildman–Crippen LogP) is 3.60. The van der Waals surface area contributed by atoms with Crippen molar-refractivity contribution in [2.24, 2.45) is 0 Å². The van der Waals surface area contributed by atoms with Gasteiger partial charge in [0.15, 0.2) is 5.13 Å². The van der Waals surface area contributed by atoms with Gasteiger partial charge in [0.25, 0.3) is 21.5 Å². The summed E-state index contributed by atoms with van der Waals surface area (Å²) < 4.78 is 28.5. The number of sulfonamides is 1. The Bertz CT molecular complexity index is 1430. The monoisotopic (exact) mass is 501 g/mol. The van der Waals surface area contributed by atoms with Gasteiger partial charge in [-0.1, -0.05) is 6.07 Å². The third-order valence-corrected chi connectivity index (χ3v) is 7.80. The van der Waals surface area contributed by atoms with Crippen LogP contribution < -0.4 is 15.6 Å². The summed E-state index contributed by atoms with van der Waals surface area (Å²) in [7, 11) is -3.80. The second kappa shape index (κ2) is 8.89. The quantitative estimate of drug-likeness (QED) is 0.399. The highest BCUT2D eigenvalue weighted by atomic mass is 32.2. The van der Waals surface area contributed by atoms with Crippen LogP contribution in [-0.4, -0.2) is 29.1 Å². The van der Waals surface area contributed by atoms with Crippen molar-refractivity contribution in [1.82, 2.24) is 14.8 Å². The van der Waals surface area contributed by atoms with Crippen LogP contribution in [0, 0.1) is 0 Å². The smallest absolute Gasteiger partial charge is 0.267 e. The highest BCUT2D eigenvalue weighted by molar-refractivity contribution is 7.93. The molecule has 4 aromatic rings. The number of amides is 1. The Labute approximate surface area is 197 Å². The SMILES string of the molecule is CC(C)(C(=O)Nc1ccc(S(=O)(=O)Nc2nccs2)cc1)n1nc(-c2cccs2)ccc1=O. The molecule has 170 valence electrons. The molecule has 0 saturated carbocycles. The Morgan fingerprint density at radius 1 is 1.03 bits per heavy atom. The molecule has 33 heavy (non-hydrogen) atoms. The fraction of sp³-hybridized carbons (Fsp3) is 0.143. The lowest BCUT2D eigenvalue weighted by atomic mass is 10.0. The van der Waals surface area contributed by atoms with Crippen molar-refractivity contribution in [1.29, 1.82) is 0 Å². The lowest BCUT2D eigenvalue weighted by Gasteiger charge is -2.25. The Morgan fingerprint density at radius 2 is 1.79 bits per heavy atom. The number of carbonyl (C=O) groups is 1. The molecule has 2 N–H and O–H groups in total. The van der Waals surface area contributed by atoms with Gasteiger partial charge in [-0.25, -0.2) is 18.1 Å². The van der Waals surface area contributed by atoms with Gasteiger partial charge in [-0.05, 0) is 55.6 Å². The Kier molecular flexibility index (Phi) is 6.15. The number of hydrogen-bond acceptors (Lipinski definition) is 8. The standard InChI is InChI=1S/C21H19N5O4S3/c1-21(2,26-18(27)10-9-16(24-26)17-4-3-12-31-17)19(28)23-14-5-7-15(8-6-14)33(29,30)25-20-22-11-13-32-20/h3-13H,1-2H3,(H,22,25)(H,23,28). The number of aromatic nitrogens is 3. The van der Waals surface area contributed by atoms with Gasteiger partial charge in [0.2, 0.25) is 0 Å². The zero-order chi connectivity index (χ0) is 23.6.